The van der Waals surface area contributed by atoms with Crippen LogP contribution in [0.1, 0.15) is 0 Å². The maximum absolute atomic E-state index is 4.30. The topological polar surface area (TPSA) is 54.5 Å². The van der Waals surface area contributed by atoms with Gasteiger partial charge in [-0.25, -0.2) is 0 Å². The van der Waals surface area contributed by atoms with Crippen molar-refractivity contribution < 1.29 is 0 Å². The maximum atomic E-state index is 4.30. The molecule has 0 aliphatic heterocycles. The van der Waals surface area contributed by atoms with Crippen LogP contribution in [-0.4, -0.2) is 20.2 Å². The van der Waals surface area contributed by atoms with Gasteiger partial charge in [0.15, 0.2) is 0 Å². The fraction of sp³-hybridized carbons (Fsp3) is 0. The van der Waals surface area contributed by atoms with Crippen LogP contribution in [-0.2, 0) is 0 Å². The molecule has 88 valence electrons. The molecule has 3 aromatic heterocycles. The summed E-state index contributed by atoms with van der Waals surface area (Å²) in [5, 5.41) is 7.28. The fourth-order valence-corrected chi connectivity index (χ4v) is 2.26. The Morgan fingerprint density at radius 2 is 1.56 bits per heavy atom. The molecule has 3 rings (SSSR count). The monoisotopic (exact) mass is 300 g/mol. The van der Waals surface area contributed by atoms with E-state index in [2.05, 4.69) is 36.1 Å². The number of pyridine rings is 2. The van der Waals surface area contributed by atoms with E-state index in [1.54, 1.807) is 12.4 Å². The number of aromatic nitrogens is 4. The van der Waals surface area contributed by atoms with Crippen molar-refractivity contribution in [2.24, 2.45) is 0 Å². The Labute approximate surface area is 112 Å². The van der Waals surface area contributed by atoms with Gasteiger partial charge in [0.25, 0.3) is 0 Å². The Kier molecular flexibility index (Phi) is 2.90. The van der Waals surface area contributed by atoms with E-state index in [1.165, 1.54) is 0 Å². The first-order valence-corrected chi connectivity index (χ1v) is 6.22. The summed E-state index contributed by atoms with van der Waals surface area (Å²) in [4.78, 5) is 8.58. The van der Waals surface area contributed by atoms with Crippen molar-refractivity contribution in [3.05, 3.63) is 53.3 Å². The molecule has 0 radical (unpaired) electrons. The summed E-state index contributed by atoms with van der Waals surface area (Å²) >= 11 is 3.55. The Balaban J connectivity index is 2.09. The quantitative estimate of drug-likeness (QED) is 0.790. The zero-order chi connectivity index (χ0) is 12.4. The molecular formula is C13H9BrN4. The largest absolute Gasteiger partial charge is 0.274 e. The van der Waals surface area contributed by atoms with Gasteiger partial charge in [0.05, 0.1) is 21.6 Å². The van der Waals surface area contributed by atoms with E-state index < -0.39 is 0 Å². The van der Waals surface area contributed by atoms with Gasteiger partial charge in [-0.1, -0.05) is 12.1 Å². The molecule has 0 atom stereocenters. The second-order valence-corrected chi connectivity index (χ2v) is 4.48. The first-order chi connectivity index (χ1) is 8.86. The summed E-state index contributed by atoms with van der Waals surface area (Å²) in [6, 6.07) is 11.5. The van der Waals surface area contributed by atoms with Crippen molar-refractivity contribution in [3.8, 4) is 22.8 Å². The molecule has 0 bridgehead atoms. The van der Waals surface area contributed by atoms with Gasteiger partial charge in [0.2, 0.25) is 0 Å². The second-order valence-electron chi connectivity index (χ2n) is 3.69. The van der Waals surface area contributed by atoms with Crippen LogP contribution in [0.2, 0.25) is 0 Å². The lowest BCUT2D eigenvalue weighted by Crippen LogP contribution is -1.83. The van der Waals surface area contributed by atoms with E-state index in [-0.39, 0.29) is 0 Å². The molecule has 0 saturated carbocycles. The van der Waals surface area contributed by atoms with Crippen molar-refractivity contribution in [2.75, 3.05) is 0 Å². The lowest BCUT2D eigenvalue weighted by Gasteiger charge is -1.98. The highest BCUT2D eigenvalue weighted by molar-refractivity contribution is 9.10. The van der Waals surface area contributed by atoms with Gasteiger partial charge < -0.3 is 0 Å². The SMILES string of the molecule is Brc1c(-c2ccccn2)n[nH]c1-c1ccccn1. The lowest BCUT2D eigenvalue weighted by molar-refractivity contribution is 1.08. The molecule has 0 aliphatic carbocycles. The standard InChI is InChI=1S/C13H9BrN4/c14-11-12(9-5-1-3-7-15-9)17-18-13(11)10-6-2-4-8-16-10/h1-8H,(H,17,18). The Morgan fingerprint density at radius 1 is 0.889 bits per heavy atom. The van der Waals surface area contributed by atoms with Crippen LogP contribution in [0.4, 0.5) is 0 Å². The highest BCUT2D eigenvalue weighted by Gasteiger charge is 2.14. The number of hydrogen-bond acceptors (Lipinski definition) is 3. The Bertz CT molecular complexity index is 592. The number of rotatable bonds is 2. The van der Waals surface area contributed by atoms with Crippen LogP contribution in [0.25, 0.3) is 22.8 Å². The third-order valence-electron chi connectivity index (χ3n) is 2.54. The minimum atomic E-state index is 0.788. The van der Waals surface area contributed by atoms with Gasteiger partial charge in [-0.05, 0) is 40.2 Å². The molecule has 0 unspecified atom stereocenters. The van der Waals surface area contributed by atoms with Crippen molar-refractivity contribution >= 4 is 15.9 Å². The molecule has 18 heavy (non-hydrogen) atoms. The molecule has 3 heterocycles. The van der Waals surface area contributed by atoms with Crippen molar-refractivity contribution in [1.29, 1.82) is 0 Å². The number of H-pyrrole nitrogens is 1. The van der Waals surface area contributed by atoms with E-state index >= 15 is 0 Å². The molecule has 3 aromatic rings. The summed E-state index contributed by atoms with van der Waals surface area (Å²) in [5.74, 6) is 0. The summed E-state index contributed by atoms with van der Waals surface area (Å²) in [7, 11) is 0. The van der Waals surface area contributed by atoms with Gasteiger partial charge >= 0.3 is 0 Å². The summed E-state index contributed by atoms with van der Waals surface area (Å²) in [5.41, 5.74) is 3.31. The average molecular weight is 301 g/mol. The number of nitrogens with zero attached hydrogens (tertiary/aromatic N) is 3. The molecule has 4 nitrogen and oxygen atoms in total. The summed E-state index contributed by atoms with van der Waals surface area (Å²) < 4.78 is 0.875. The van der Waals surface area contributed by atoms with E-state index in [1.807, 2.05) is 36.4 Å². The number of halogens is 1. The lowest BCUT2D eigenvalue weighted by atomic mass is 10.2. The highest BCUT2D eigenvalue weighted by Crippen LogP contribution is 2.32. The van der Waals surface area contributed by atoms with Crippen LogP contribution in [0.15, 0.2) is 53.3 Å². The summed E-state index contributed by atoms with van der Waals surface area (Å²) in [6.45, 7) is 0. The molecule has 0 fully saturated rings. The first-order valence-electron chi connectivity index (χ1n) is 5.43. The van der Waals surface area contributed by atoms with Gasteiger partial charge in [-0.15, -0.1) is 0 Å². The first kappa shape index (κ1) is 11.1. The van der Waals surface area contributed by atoms with Gasteiger partial charge in [-0.2, -0.15) is 5.10 Å². The zero-order valence-corrected chi connectivity index (χ0v) is 10.9. The van der Waals surface area contributed by atoms with Crippen molar-refractivity contribution in [2.45, 2.75) is 0 Å². The molecular weight excluding hydrogens is 292 g/mol. The van der Waals surface area contributed by atoms with Crippen LogP contribution in [0.5, 0.6) is 0 Å². The van der Waals surface area contributed by atoms with Crippen LogP contribution in [0.3, 0.4) is 0 Å². The fourth-order valence-electron chi connectivity index (χ4n) is 1.68. The Hall–Kier alpha value is -2.01. The van der Waals surface area contributed by atoms with Gasteiger partial charge in [0, 0.05) is 12.4 Å². The molecule has 0 aromatic carbocycles. The molecule has 0 amide bonds. The molecule has 0 aliphatic rings. The van der Waals surface area contributed by atoms with E-state index in [9.17, 15) is 0 Å². The van der Waals surface area contributed by atoms with Crippen molar-refractivity contribution in [1.82, 2.24) is 20.2 Å². The van der Waals surface area contributed by atoms with E-state index in [4.69, 9.17) is 0 Å². The minimum Gasteiger partial charge on any atom is -0.274 e. The Morgan fingerprint density at radius 3 is 2.17 bits per heavy atom. The van der Waals surface area contributed by atoms with E-state index in [0.29, 0.717) is 0 Å². The van der Waals surface area contributed by atoms with Crippen LogP contribution in [0, 0.1) is 0 Å². The molecule has 0 spiro atoms. The average Bonchev–Trinajstić information content (AvgIpc) is 2.83. The minimum absolute atomic E-state index is 0.788. The zero-order valence-electron chi connectivity index (χ0n) is 9.34. The smallest absolute Gasteiger partial charge is 0.125 e. The molecule has 1 N–H and O–H groups in total. The van der Waals surface area contributed by atoms with E-state index in [0.717, 1.165) is 27.2 Å². The predicted molar refractivity (Wildman–Crippen MR) is 72.7 cm³/mol. The number of nitrogens with one attached hydrogen (secondary N) is 1. The molecule has 0 saturated heterocycles. The normalized spacial score (nSPS) is 10.5. The predicted octanol–water partition coefficient (Wildman–Crippen LogP) is 3.30. The summed E-state index contributed by atoms with van der Waals surface area (Å²) in [6.07, 6.45) is 3.50. The second kappa shape index (κ2) is 4.70. The third-order valence-corrected chi connectivity index (χ3v) is 3.31. The van der Waals surface area contributed by atoms with Crippen LogP contribution < -0.4 is 0 Å². The maximum Gasteiger partial charge on any atom is 0.125 e. The molecule has 5 heteroatoms. The number of aromatic amines is 1. The third kappa shape index (κ3) is 1.93. The highest BCUT2D eigenvalue weighted by atomic mass is 79.9. The van der Waals surface area contributed by atoms with Crippen LogP contribution >= 0.6 is 15.9 Å². The van der Waals surface area contributed by atoms with Gasteiger partial charge in [-0.3, -0.25) is 15.1 Å². The van der Waals surface area contributed by atoms with Gasteiger partial charge in [0.1, 0.15) is 5.69 Å². The van der Waals surface area contributed by atoms with Crippen molar-refractivity contribution in [3.63, 3.8) is 0 Å². The number of hydrogen-bond donors (Lipinski definition) is 1.